The summed E-state index contributed by atoms with van der Waals surface area (Å²) in [6.45, 7) is 0. The lowest BCUT2D eigenvalue weighted by molar-refractivity contribution is 0.102. The van der Waals surface area contributed by atoms with E-state index in [0.29, 0.717) is 11.4 Å². The number of hydrogen-bond donors (Lipinski definition) is 1. The van der Waals surface area contributed by atoms with Gasteiger partial charge in [-0.3, -0.25) is 4.79 Å². The molecule has 6 heteroatoms. The van der Waals surface area contributed by atoms with E-state index in [2.05, 4.69) is 26.2 Å². The first-order valence-corrected chi connectivity index (χ1v) is 6.16. The van der Waals surface area contributed by atoms with Gasteiger partial charge in [0, 0.05) is 29.6 Å². The maximum atomic E-state index is 12.9. The molecular formula is C13H10BrFN2O2. The summed E-state index contributed by atoms with van der Waals surface area (Å²) >= 11 is 3.32. The second kappa shape index (κ2) is 5.79. The van der Waals surface area contributed by atoms with Crippen LogP contribution in [0.2, 0.25) is 0 Å². The van der Waals surface area contributed by atoms with Gasteiger partial charge in [0.25, 0.3) is 5.91 Å². The predicted octanol–water partition coefficient (Wildman–Crippen LogP) is 3.24. The van der Waals surface area contributed by atoms with Crippen molar-refractivity contribution in [2.45, 2.75) is 0 Å². The third-order valence-electron chi connectivity index (χ3n) is 2.40. The highest BCUT2D eigenvalue weighted by molar-refractivity contribution is 9.10. The van der Waals surface area contributed by atoms with Gasteiger partial charge in [-0.15, -0.1) is 0 Å². The number of rotatable bonds is 3. The molecule has 1 heterocycles. The lowest BCUT2D eigenvalue weighted by Gasteiger charge is -2.08. The molecule has 19 heavy (non-hydrogen) atoms. The number of benzene rings is 1. The highest BCUT2D eigenvalue weighted by atomic mass is 79.9. The molecule has 0 bridgehead atoms. The van der Waals surface area contributed by atoms with Crippen LogP contribution in [0.5, 0.6) is 5.75 Å². The van der Waals surface area contributed by atoms with Gasteiger partial charge >= 0.3 is 0 Å². The summed E-state index contributed by atoms with van der Waals surface area (Å²) in [5, 5.41) is 2.65. The molecule has 1 aromatic carbocycles. The molecule has 0 aliphatic carbocycles. The van der Waals surface area contributed by atoms with Gasteiger partial charge in [-0.05, 0) is 34.1 Å². The number of pyridine rings is 1. The smallest absolute Gasteiger partial charge is 0.255 e. The molecule has 98 valence electrons. The highest BCUT2D eigenvalue weighted by Crippen LogP contribution is 2.28. The topological polar surface area (TPSA) is 51.2 Å². The normalized spacial score (nSPS) is 10.1. The van der Waals surface area contributed by atoms with E-state index in [0.717, 1.165) is 10.5 Å². The highest BCUT2D eigenvalue weighted by Gasteiger charge is 2.09. The Kier molecular flexibility index (Phi) is 4.11. The van der Waals surface area contributed by atoms with Crippen LogP contribution in [0.25, 0.3) is 0 Å². The van der Waals surface area contributed by atoms with Crippen LogP contribution < -0.4 is 10.1 Å². The molecule has 0 saturated heterocycles. The SMILES string of the molecule is COc1cc(NC(=O)c2ccnc(F)c2)ccc1Br. The molecule has 0 radical (unpaired) electrons. The monoisotopic (exact) mass is 324 g/mol. The number of carbonyl (C=O) groups excluding carboxylic acids is 1. The van der Waals surface area contributed by atoms with Gasteiger partial charge in [0.2, 0.25) is 5.95 Å². The van der Waals surface area contributed by atoms with Crippen LogP contribution >= 0.6 is 15.9 Å². The number of aromatic nitrogens is 1. The number of amides is 1. The maximum absolute atomic E-state index is 12.9. The van der Waals surface area contributed by atoms with Crippen molar-refractivity contribution in [3.05, 3.63) is 52.5 Å². The minimum atomic E-state index is -0.693. The number of carbonyl (C=O) groups is 1. The summed E-state index contributed by atoms with van der Waals surface area (Å²) in [5.41, 5.74) is 0.761. The van der Waals surface area contributed by atoms with E-state index in [1.165, 1.54) is 19.4 Å². The molecule has 2 rings (SSSR count). The zero-order chi connectivity index (χ0) is 13.8. The second-order valence-electron chi connectivity index (χ2n) is 3.67. The molecule has 2 aromatic rings. The molecule has 0 fully saturated rings. The van der Waals surface area contributed by atoms with Crippen molar-refractivity contribution in [3.8, 4) is 5.75 Å². The van der Waals surface area contributed by atoms with Gasteiger partial charge in [-0.25, -0.2) is 4.98 Å². The molecule has 0 atom stereocenters. The zero-order valence-corrected chi connectivity index (χ0v) is 11.6. The molecule has 1 N–H and O–H groups in total. The lowest BCUT2D eigenvalue weighted by atomic mass is 10.2. The first kappa shape index (κ1) is 13.5. The van der Waals surface area contributed by atoms with Gasteiger partial charge in [0.15, 0.2) is 0 Å². The number of anilines is 1. The fraction of sp³-hybridized carbons (Fsp3) is 0.0769. The molecule has 0 spiro atoms. The Balaban J connectivity index is 2.19. The number of ether oxygens (including phenoxy) is 1. The minimum Gasteiger partial charge on any atom is -0.495 e. The van der Waals surface area contributed by atoms with Crippen LogP contribution in [0, 0.1) is 5.95 Å². The van der Waals surface area contributed by atoms with Crippen LogP contribution in [0.4, 0.5) is 10.1 Å². The van der Waals surface area contributed by atoms with Crippen molar-refractivity contribution < 1.29 is 13.9 Å². The molecule has 1 aromatic heterocycles. The molecule has 0 aliphatic heterocycles. The van der Waals surface area contributed by atoms with Crippen molar-refractivity contribution in [1.29, 1.82) is 0 Å². The first-order valence-electron chi connectivity index (χ1n) is 5.36. The first-order chi connectivity index (χ1) is 9.10. The summed E-state index contributed by atoms with van der Waals surface area (Å²) in [6, 6.07) is 7.64. The van der Waals surface area contributed by atoms with E-state index in [4.69, 9.17) is 4.74 Å². The summed E-state index contributed by atoms with van der Waals surface area (Å²) in [7, 11) is 1.53. The quantitative estimate of drug-likeness (QED) is 0.882. The van der Waals surface area contributed by atoms with Crippen molar-refractivity contribution in [2.24, 2.45) is 0 Å². The molecule has 1 amide bonds. The standard InChI is InChI=1S/C13H10BrFN2O2/c1-19-11-7-9(2-3-10(11)14)17-13(18)8-4-5-16-12(15)6-8/h2-7H,1H3,(H,17,18). The Hall–Kier alpha value is -1.95. The Morgan fingerprint density at radius 2 is 2.16 bits per heavy atom. The summed E-state index contributed by atoms with van der Waals surface area (Å²) in [6.07, 6.45) is 1.24. The molecule has 4 nitrogen and oxygen atoms in total. The van der Waals surface area contributed by atoms with E-state index >= 15 is 0 Å². The number of hydrogen-bond acceptors (Lipinski definition) is 3. The van der Waals surface area contributed by atoms with Crippen molar-refractivity contribution >= 4 is 27.5 Å². The van der Waals surface area contributed by atoms with E-state index in [9.17, 15) is 9.18 Å². The van der Waals surface area contributed by atoms with E-state index < -0.39 is 11.9 Å². The summed E-state index contributed by atoms with van der Waals surface area (Å²) in [4.78, 5) is 15.3. The fourth-order valence-electron chi connectivity index (χ4n) is 1.48. The van der Waals surface area contributed by atoms with Crippen LogP contribution in [0.3, 0.4) is 0 Å². The average molecular weight is 325 g/mol. The Morgan fingerprint density at radius 3 is 2.84 bits per heavy atom. The zero-order valence-electron chi connectivity index (χ0n) is 9.98. The number of nitrogens with zero attached hydrogens (tertiary/aromatic N) is 1. The van der Waals surface area contributed by atoms with Crippen molar-refractivity contribution in [3.63, 3.8) is 0 Å². The average Bonchev–Trinajstić information content (AvgIpc) is 2.41. The van der Waals surface area contributed by atoms with Gasteiger partial charge in [-0.2, -0.15) is 4.39 Å². The number of halogens is 2. The molecule has 0 saturated carbocycles. The summed E-state index contributed by atoms with van der Waals surface area (Å²) in [5.74, 6) is -0.509. The molecule has 0 unspecified atom stereocenters. The minimum absolute atomic E-state index is 0.203. The summed E-state index contributed by atoms with van der Waals surface area (Å²) < 4.78 is 18.8. The van der Waals surface area contributed by atoms with Gasteiger partial charge in [0.1, 0.15) is 5.75 Å². The van der Waals surface area contributed by atoms with Crippen LogP contribution in [0.1, 0.15) is 10.4 Å². The van der Waals surface area contributed by atoms with E-state index in [1.54, 1.807) is 18.2 Å². The van der Waals surface area contributed by atoms with E-state index in [1.807, 2.05) is 0 Å². The second-order valence-corrected chi connectivity index (χ2v) is 4.53. The maximum Gasteiger partial charge on any atom is 0.255 e. The lowest BCUT2D eigenvalue weighted by Crippen LogP contribution is -2.12. The van der Waals surface area contributed by atoms with Crippen molar-refractivity contribution in [1.82, 2.24) is 4.98 Å². The van der Waals surface area contributed by atoms with Crippen LogP contribution in [-0.2, 0) is 0 Å². The third-order valence-corrected chi connectivity index (χ3v) is 3.05. The fourth-order valence-corrected chi connectivity index (χ4v) is 1.89. The Labute approximate surface area is 117 Å². The molecule has 0 aliphatic rings. The Morgan fingerprint density at radius 1 is 1.37 bits per heavy atom. The van der Waals surface area contributed by atoms with E-state index in [-0.39, 0.29) is 5.56 Å². The van der Waals surface area contributed by atoms with Gasteiger partial charge in [-0.1, -0.05) is 0 Å². The van der Waals surface area contributed by atoms with Crippen molar-refractivity contribution in [2.75, 3.05) is 12.4 Å². The number of nitrogens with one attached hydrogen (secondary N) is 1. The third kappa shape index (κ3) is 3.29. The largest absolute Gasteiger partial charge is 0.495 e. The van der Waals surface area contributed by atoms with Gasteiger partial charge in [0.05, 0.1) is 11.6 Å². The van der Waals surface area contributed by atoms with Crippen LogP contribution in [0.15, 0.2) is 41.0 Å². The molecular weight excluding hydrogens is 315 g/mol. The van der Waals surface area contributed by atoms with Crippen LogP contribution in [-0.4, -0.2) is 18.0 Å². The number of methoxy groups -OCH3 is 1. The predicted molar refractivity (Wildman–Crippen MR) is 72.8 cm³/mol. The van der Waals surface area contributed by atoms with Gasteiger partial charge < -0.3 is 10.1 Å². The Bertz CT molecular complexity index is 619.